The van der Waals surface area contributed by atoms with Crippen molar-refractivity contribution in [3.05, 3.63) is 23.7 Å². The van der Waals surface area contributed by atoms with Crippen molar-refractivity contribution in [2.75, 3.05) is 0 Å². The zero-order chi connectivity index (χ0) is 12.1. The van der Waals surface area contributed by atoms with Crippen LogP contribution in [0, 0.1) is 5.92 Å². The second-order valence-corrected chi connectivity index (χ2v) is 5.08. The minimum absolute atomic E-state index is 0.300. The third kappa shape index (κ3) is 4.01. The van der Waals surface area contributed by atoms with Gasteiger partial charge in [-0.2, -0.15) is 0 Å². The Kier molecular flexibility index (Phi) is 5.07. The largest absolute Gasteiger partial charge is 0.464 e. The van der Waals surface area contributed by atoms with E-state index < -0.39 is 0 Å². The van der Waals surface area contributed by atoms with Gasteiger partial charge in [0.1, 0.15) is 11.5 Å². The van der Waals surface area contributed by atoms with Crippen LogP contribution in [0.25, 0.3) is 0 Å². The molecule has 1 aromatic rings. The normalized spacial score (nSPS) is 15.4. The molecule has 0 aliphatic heterocycles. The van der Waals surface area contributed by atoms with Crippen LogP contribution in [0.3, 0.4) is 0 Å². The quantitative estimate of drug-likeness (QED) is 0.790. The van der Waals surface area contributed by atoms with Crippen molar-refractivity contribution in [2.24, 2.45) is 5.92 Å². The predicted molar refractivity (Wildman–Crippen MR) is 68.6 cm³/mol. The van der Waals surface area contributed by atoms with E-state index in [0.717, 1.165) is 23.9 Å². The van der Waals surface area contributed by atoms with Gasteiger partial charge in [-0.3, -0.25) is 0 Å². The number of aryl methyl sites for hydroxylation is 1. The average molecular weight is 223 g/mol. The van der Waals surface area contributed by atoms with Gasteiger partial charge in [0.2, 0.25) is 0 Å². The molecule has 2 atom stereocenters. The van der Waals surface area contributed by atoms with E-state index in [-0.39, 0.29) is 0 Å². The van der Waals surface area contributed by atoms with E-state index in [1.54, 1.807) is 0 Å². The minimum atomic E-state index is 0.300. The molecule has 2 unspecified atom stereocenters. The maximum Gasteiger partial charge on any atom is 0.120 e. The van der Waals surface area contributed by atoms with Gasteiger partial charge in [0.15, 0.2) is 0 Å². The molecule has 0 aliphatic rings. The smallest absolute Gasteiger partial charge is 0.120 e. The highest BCUT2D eigenvalue weighted by Gasteiger charge is 2.13. The Hall–Kier alpha value is -0.760. The predicted octanol–water partition coefficient (Wildman–Crippen LogP) is 3.93. The summed E-state index contributed by atoms with van der Waals surface area (Å²) in [4.78, 5) is 0. The van der Waals surface area contributed by atoms with Crippen molar-refractivity contribution in [3.8, 4) is 0 Å². The fourth-order valence-electron chi connectivity index (χ4n) is 2.10. The summed E-state index contributed by atoms with van der Waals surface area (Å²) in [5.74, 6) is 2.85. The summed E-state index contributed by atoms with van der Waals surface area (Å²) in [6, 6.07) is 4.98. The number of hydrogen-bond donors (Lipinski definition) is 1. The van der Waals surface area contributed by atoms with Crippen LogP contribution in [0.4, 0.5) is 0 Å². The summed E-state index contributed by atoms with van der Waals surface area (Å²) in [6.07, 6.45) is 2.17. The van der Waals surface area contributed by atoms with Crippen LogP contribution >= 0.6 is 0 Å². The van der Waals surface area contributed by atoms with Gasteiger partial charge >= 0.3 is 0 Å². The van der Waals surface area contributed by atoms with E-state index in [9.17, 15) is 0 Å². The third-order valence-corrected chi connectivity index (χ3v) is 2.82. The molecule has 0 aromatic carbocycles. The molecule has 0 amide bonds. The second kappa shape index (κ2) is 6.09. The molecular formula is C14H25NO. The Morgan fingerprint density at radius 1 is 1.19 bits per heavy atom. The van der Waals surface area contributed by atoms with Crippen LogP contribution in [0.15, 0.2) is 16.5 Å². The molecule has 0 bridgehead atoms. The molecule has 1 N–H and O–H groups in total. The summed E-state index contributed by atoms with van der Waals surface area (Å²) < 4.78 is 5.74. The Labute approximate surface area is 99.4 Å². The highest BCUT2D eigenvalue weighted by Crippen LogP contribution is 2.18. The van der Waals surface area contributed by atoms with E-state index in [1.807, 2.05) is 0 Å². The van der Waals surface area contributed by atoms with Crippen molar-refractivity contribution in [3.63, 3.8) is 0 Å². The zero-order valence-electron chi connectivity index (χ0n) is 11.2. The molecule has 0 saturated carbocycles. The van der Waals surface area contributed by atoms with Gasteiger partial charge in [0.05, 0.1) is 6.04 Å². The minimum Gasteiger partial charge on any atom is -0.464 e. The van der Waals surface area contributed by atoms with E-state index >= 15 is 0 Å². The molecule has 1 aromatic heterocycles. The van der Waals surface area contributed by atoms with E-state index in [0.29, 0.717) is 12.1 Å². The Morgan fingerprint density at radius 2 is 1.88 bits per heavy atom. The van der Waals surface area contributed by atoms with Crippen LogP contribution in [0.2, 0.25) is 0 Å². The van der Waals surface area contributed by atoms with Crippen LogP contribution < -0.4 is 5.32 Å². The number of hydrogen-bond acceptors (Lipinski definition) is 2. The number of furan rings is 1. The van der Waals surface area contributed by atoms with Gasteiger partial charge in [-0.1, -0.05) is 20.8 Å². The van der Waals surface area contributed by atoms with Gasteiger partial charge < -0.3 is 9.73 Å². The molecule has 2 nitrogen and oxygen atoms in total. The molecule has 0 fully saturated rings. The maximum absolute atomic E-state index is 5.74. The lowest BCUT2D eigenvalue weighted by Gasteiger charge is -2.20. The van der Waals surface area contributed by atoms with E-state index in [4.69, 9.17) is 4.42 Å². The molecule has 0 saturated heterocycles. The molecule has 1 rings (SSSR count). The number of rotatable bonds is 6. The first kappa shape index (κ1) is 13.3. The summed E-state index contributed by atoms with van der Waals surface area (Å²) in [5, 5.41) is 3.57. The van der Waals surface area contributed by atoms with Crippen molar-refractivity contribution in [1.82, 2.24) is 5.32 Å². The van der Waals surface area contributed by atoms with Crippen molar-refractivity contribution in [1.29, 1.82) is 0 Å². The van der Waals surface area contributed by atoms with Crippen LogP contribution in [-0.4, -0.2) is 6.04 Å². The molecule has 92 valence electrons. The van der Waals surface area contributed by atoms with Gasteiger partial charge in [-0.25, -0.2) is 0 Å². The van der Waals surface area contributed by atoms with Crippen LogP contribution in [0.1, 0.15) is 58.6 Å². The second-order valence-electron chi connectivity index (χ2n) is 5.08. The molecule has 0 spiro atoms. The topological polar surface area (TPSA) is 25.2 Å². The summed E-state index contributed by atoms with van der Waals surface area (Å²) >= 11 is 0. The van der Waals surface area contributed by atoms with E-state index in [2.05, 4.69) is 52.1 Å². The summed E-state index contributed by atoms with van der Waals surface area (Å²) in [5.41, 5.74) is 0. The Morgan fingerprint density at radius 3 is 2.38 bits per heavy atom. The number of nitrogens with one attached hydrogen (secondary N) is 1. The van der Waals surface area contributed by atoms with Gasteiger partial charge in [-0.15, -0.1) is 0 Å². The summed E-state index contributed by atoms with van der Waals surface area (Å²) in [6.45, 7) is 11.0. The molecule has 0 radical (unpaired) electrons. The molecule has 1 heterocycles. The van der Waals surface area contributed by atoms with Crippen molar-refractivity contribution < 1.29 is 4.42 Å². The first-order valence-corrected chi connectivity index (χ1v) is 6.37. The molecule has 2 heteroatoms. The highest BCUT2D eigenvalue weighted by molar-refractivity contribution is 5.10. The van der Waals surface area contributed by atoms with E-state index in [1.165, 1.54) is 6.42 Å². The third-order valence-electron chi connectivity index (χ3n) is 2.82. The average Bonchev–Trinajstić information content (AvgIpc) is 2.64. The maximum atomic E-state index is 5.74. The Bertz CT molecular complexity index is 303. The van der Waals surface area contributed by atoms with Gasteiger partial charge in [0, 0.05) is 12.5 Å². The molecular weight excluding hydrogens is 198 g/mol. The lowest BCUT2D eigenvalue weighted by Crippen LogP contribution is -2.29. The lowest BCUT2D eigenvalue weighted by atomic mass is 10.0. The first-order valence-electron chi connectivity index (χ1n) is 6.37. The van der Waals surface area contributed by atoms with Crippen LogP contribution in [-0.2, 0) is 6.42 Å². The summed E-state index contributed by atoms with van der Waals surface area (Å²) in [7, 11) is 0. The molecule has 16 heavy (non-hydrogen) atoms. The fourth-order valence-corrected chi connectivity index (χ4v) is 2.10. The zero-order valence-corrected chi connectivity index (χ0v) is 11.2. The van der Waals surface area contributed by atoms with Gasteiger partial charge in [-0.05, 0) is 38.3 Å². The first-order chi connectivity index (χ1) is 7.52. The van der Waals surface area contributed by atoms with Gasteiger partial charge in [0.25, 0.3) is 0 Å². The lowest BCUT2D eigenvalue weighted by molar-refractivity contribution is 0.357. The highest BCUT2D eigenvalue weighted by atomic mass is 16.3. The molecule has 0 aliphatic carbocycles. The Balaban J connectivity index is 2.48. The monoisotopic (exact) mass is 223 g/mol. The standard InChI is InChI=1S/C14H25NO/c1-6-13-7-8-14(16-13)12(5)15-11(4)9-10(2)3/h7-8,10-12,15H,6,9H2,1-5H3. The van der Waals surface area contributed by atoms with Crippen LogP contribution in [0.5, 0.6) is 0 Å². The SMILES string of the molecule is CCc1ccc(C(C)NC(C)CC(C)C)o1. The van der Waals surface area contributed by atoms with Crippen molar-refractivity contribution >= 4 is 0 Å². The fraction of sp³-hybridized carbons (Fsp3) is 0.714. The van der Waals surface area contributed by atoms with Crippen molar-refractivity contribution in [2.45, 2.75) is 59.5 Å².